The van der Waals surface area contributed by atoms with Gasteiger partial charge in [-0.3, -0.25) is 24.6 Å². The van der Waals surface area contributed by atoms with Crippen LogP contribution in [0.1, 0.15) is 12.5 Å². The van der Waals surface area contributed by atoms with Gasteiger partial charge in [-0.15, -0.1) is 0 Å². The summed E-state index contributed by atoms with van der Waals surface area (Å²) in [6.45, 7) is 1.33. The van der Waals surface area contributed by atoms with E-state index in [1.54, 1.807) is 0 Å². The fourth-order valence-electron chi connectivity index (χ4n) is 2.22. The number of hydrogen-bond donors (Lipinski definition) is 1. The van der Waals surface area contributed by atoms with E-state index in [1.807, 2.05) is 0 Å². The molecule has 1 aromatic carbocycles. The maximum atomic E-state index is 12.4. The third kappa shape index (κ3) is 3.47. The Balaban J connectivity index is 2.46. The van der Waals surface area contributed by atoms with Crippen molar-refractivity contribution in [2.75, 3.05) is 14.2 Å². The van der Waals surface area contributed by atoms with Gasteiger partial charge < -0.3 is 14.6 Å². The summed E-state index contributed by atoms with van der Waals surface area (Å²) in [6.07, 6.45) is 1.12. The summed E-state index contributed by atoms with van der Waals surface area (Å²) < 4.78 is 9.40. The number of thioether (sulfide) groups is 1. The van der Waals surface area contributed by atoms with Crippen LogP contribution in [0.3, 0.4) is 0 Å². The van der Waals surface area contributed by atoms with E-state index >= 15 is 0 Å². The molecule has 1 aromatic rings. The van der Waals surface area contributed by atoms with E-state index in [0.29, 0.717) is 16.7 Å². The lowest BCUT2D eigenvalue weighted by molar-refractivity contribution is -0.385. The Morgan fingerprint density at radius 1 is 1.38 bits per heavy atom. The van der Waals surface area contributed by atoms with Crippen molar-refractivity contribution < 1.29 is 33.9 Å². The summed E-state index contributed by atoms with van der Waals surface area (Å²) in [5.74, 6) is -2.13. The average molecular weight is 382 g/mol. The van der Waals surface area contributed by atoms with E-state index in [1.165, 1.54) is 14.0 Å². The molecule has 0 radical (unpaired) electrons. The van der Waals surface area contributed by atoms with E-state index in [-0.39, 0.29) is 21.9 Å². The van der Waals surface area contributed by atoms with Gasteiger partial charge in [0.15, 0.2) is 11.5 Å². The van der Waals surface area contributed by atoms with Gasteiger partial charge in [0.05, 0.1) is 30.1 Å². The van der Waals surface area contributed by atoms with E-state index in [2.05, 4.69) is 4.74 Å². The van der Waals surface area contributed by atoms with Crippen LogP contribution in [0.4, 0.5) is 10.5 Å². The zero-order valence-electron chi connectivity index (χ0n) is 13.9. The molecule has 0 aliphatic carbocycles. The first kappa shape index (κ1) is 19.2. The lowest BCUT2D eigenvalue weighted by Gasteiger charge is -2.18. The predicted molar refractivity (Wildman–Crippen MR) is 90.6 cm³/mol. The van der Waals surface area contributed by atoms with Crippen LogP contribution in [0.15, 0.2) is 17.0 Å². The molecular weight excluding hydrogens is 368 g/mol. The molecule has 11 heteroatoms. The first-order valence-corrected chi connectivity index (χ1v) is 7.93. The molecular formula is C15H14N2O8S. The molecule has 1 aliphatic heterocycles. The molecule has 138 valence electrons. The number of hydrogen-bond acceptors (Lipinski definition) is 9. The highest BCUT2D eigenvalue weighted by molar-refractivity contribution is 8.18. The molecule has 1 aliphatic rings. The van der Waals surface area contributed by atoms with Gasteiger partial charge in [-0.1, -0.05) is 0 Å². The molecule has 2 rings (SSSR count). The van der Waals surface area contributed by atoms with E-state index in [4.69, 9.17) is 4.74 Å². The lowest BCUT2D eigenvalue weighted by atomic mass is 10.1. The van der Waals surface area contributed by atoms with Crippen LogP contribution in [0.2, 0.25) is 0 Å². The quantitative estimate of drug-likeness (QED) is 0.350. The number of aromatic hydroxyl groups is 1. The fourth-order valence-corrected chi connectivity index (χ4v) is 3.12. The van der Waals surface area contributed by atoms with Crippen molar-refractivity contribution in [1.82, 2.24) is 4.90 Å². The summed E-state index contributed by atoms with van der Waals surface area (Å²) in [5, 5.41) is 20.4. The number of nitro groups is 1. The number of carbonyl (C=O) groups is 3. The number of benzene rings is 1. The SMILES string of the molecule is COC(=O)[C@@H](C)N1C(=O)S/C(=C/c2cc([N+](=O)[O-])cc(OC)c2O)C1=O. The minimum atomic E-state index is -1.13. The smallest absolute Gasteiger partial charge is 0.328 e. The normalized spacial score (nSPS) is 16.7. The van der Waals surface area contributed by atoms with Crippen LogP contribution in [0, 0.1) is 10.1 Å². The Morgan fingerprint density at radius 3 is 2.58 bits per heavy atom. The predicted octanol–water partition coefficient (Wildman–Crippen LogP) is 1.91. The number of nitrogens with zero attached hydrogens (tertiary/aromatic N) is 2. The fraction of sp³-hybridized carbons (Fsp3) is 0.267. The number of methoxy groups -OCH3 is 2. The monoisotopic (exact) mass is 382 g/mol. The molecule has 0 aromatic heterocycles. The Bertz CT molecular complexity index is 835. The van der Waals surface area contributed by atoms with Crippen molar-refractivity contribution in [3.05, 3.63) is 32.7 Å². The van der Waals surface area contributed by atoms with E-state index < -0.39 is 33.8 Å². The first-order chi connectivity index (χ1) is 12.2. The Labute approximate surface area is 151 Å². The molecule has 0 saturated carbocycles. The van der Waals surface area contributed by atoms with Crippen LogP contribution in [-0.4, -0.2) is 52.3 Å². The summed E-state index contributed by atoms with van der Waals surface area (Å²) in [7, 11) is 2.34. The lowest BCUT2D eigenvalue weighted by Crippen LogP contribution is -2.42. The van der Waals surface area contributed by atoms with Gasteiger partial charge in [0.1, 0.15) is 6.04 Å². The number of phenols is 1. The maximum Gasteiger partial charge on any atom is 0.328 e. The van der Waals surface area contributed by atoms with Crippen molar-refractivity contribution >= 4 is 40.6 Å². The van der Waals surface area contributed by atoms with Crippen molar-refractivity contribution in [3.8, 4) is 11.5 Å². The number of phenolic OH excluding ortho intramolecular Hbond substituents is 1. The molecule has 10 nitrogen and oxygen atoms in total. The number of carbonyl (C=O) groups excluding carboxylic acids is 3. The van der Waals surface area contributed by atoms with Crippen LogP contribution in [0.5, 0.6) is 11.5 Å². The number of rotatable bonds is 5. The Kier molecular flexibility index (Phi) is 5.50. The van der Waals surface area contributed by atoms with Gasteiger partial charge in [-0.05, 0) is 24.8 Å². The molecule has 1 N–H and O–H groups in total. The summed E-state index contributed by atoms with van der Waals surface area (Å²) in [5.41, 5.74) is -0.444. The van der Waals surface area contributed by atoms with Crippen LogP contribution in [-0.2, 0) is 14.3 Å². The van der Waals surface area contributed by atoms with Crippen molar-refractivity contribution in [2.45, 2.75) is 13.0 Å². The third-order valence-corrected chi connectivity index (χ3v) is 4.44. The molecule has 26 heavy (non-hydrogen) atoms. The highest BCUT2D eigenvalue weighted by Gasteiger charge is 2.41. The van der Waals surface area contributed by atoms with Crippen molar-refractivity contribution in [1.29, 1.82) is 0 Å². The molecule has 0 bridgehead atoms. The molecule has 2 amide bonds. The second kappa shape index (κ2) is 7.44. The van der Waals surface area contributed by atoms with Crippen LogP contribution >= 0.6 is 11.8 Å². The van der Waals surface area contributed by atoms with Gasteiger partial charge in [0.2, 0.25) is 0 Å². The van der Waals surface area contributed by atoms with Crippen molar-refractivity contribution in [2.24, 2.45) is 0 Å². The van der Waals surface area contributed by atoms with Gasteiger partial charge in [0, 0.05) is 11.6 Å². The highest BCUT2D eigenvalue weighted by atomic mass is 32.2. The molecule has 1 atom stereocenters. The topological polar surface area (TPSA) is 136 Å². The Morgan fingerprint density at radius 2 is 2.04 bits per heavy atom. The maximum absolute atomic E-state index is 12.4. The summed E-state index contributed by atoms with van der Waals surface area (Å²) in [6, 6.07) is 0.930. The van der Waals surface area contributed by atoms with Crippen LogP contribution in [0.25, 0.3) is 6.08 Å². The summed E-state index contributed by atoms with van der Waals surface area (Å²) >= 11 is 0.538. The standard InChI is InChI=1S/C15H14N2O8S/c1-7(14(20)25-3)16-13(19)11(26-15(16)21)5-8-4-9(17(22)23)6-10(24-2)12(8)18/h4-7,18H,1-3H3/b11-5+/t7-/m1/s1. The zero-order chi connectivity index (χ0) is 19.6. The first-order valence-electron chi connectivity index (χ1n) is 7.11. The number of esters is 1. The minimum Gasteiger partial charge on any atom is -0.504 e. The highest BCUT2D eigenvalue weighted by Crippen LogP contribution is 2.39. The van der Waals surface area contributed by atoms with Gasteiger partial charge in [-0.2, -0.15) is 0 Å². The zero-order valence-corrected chi connectivity index (χ0v) is 14.7. The molecule has 1 fully saturated rings. The largest absolute Gasteiger partial charge is 0.504 e. The number of nitro benzene ring substituents is 1. The molecule has 0 spiro atoms. The number of non-ortho nitro benzene ring substituents is 1. The van der Waals surface area contributed by atoms with Gasteiger partial charge in [0.25, 0.3) is 16.8 Å². The number of amides is 2. The number of ether oxygens (including phenoxy) is 2. The van der Waals surface area contributed by atoms with E-state index in [9.17, 15) is 29.6 Å². The number of imide groups is 1. The second-order valence-electron chi connectivity index (χ2n) is 5.09. The molecule has 0 unspecified atom stereocenters. The van der Waals surface area contributed by atoms with Gasteiger partial charge >= 0.3 is 5.97 Å². The molecule has 1 heterocycles. The minimum absolute atomic E-state index is 0.0766. The van der Waals surface area contributed by atoms with E-state index in [0.717, 1.165) is 25.3 Å². The van der Waals surface area contributed by atoms with Gasteiger partial charge in [-0.25, -0.2) is 4.79 Å². The Hall–Kier alpha value is -3.08. The van der Waals surface area contributed by atoms with Crippen LogP contribution < -0.4 is 4.74 Å². The third-order valence-electron chi connectivity index (χ3n) is 3.56. The molecule has 1 saturated heterocycles. The summed E-state index contributed by atoms with van der Waals surface area (Å²) in [4.78, 5) is 47.0. The average Bonchev–Trinajstić information content (AvgIpc) is 2.88. The van der Waals surface area contributed by atoms with Crippen molar-refractivity contribution in [3.63, 3.8) is 0 Å². The second-order valence-corrected chi connectivity index (χ2v) is 6.09.